The number of para-hydroxylation sites is 1. The SMILES string of the molecule is COc1ccccc1C(=O)Nc1cccc(-c2ccnc3c(C(=O)c4cccs4)cnn23)c1. The van der Waals surface area contributed by atoms with Crippen LogP contribution in [0.3, 0.4) is 0 Å². The lowest BCUT2D eigenvalue weighted by Gasteiger charge is -2.11. The molecule has 5 rings (SSSR count). The van der Waals surface area contributed by atoms with Gasteiger partial charge in [-0.25, -0.2) is 9.50 Å². The Labute approximate surface area is 193 Å². The molecule has 2 aromatic carbocycles. The van der Waals surface area contributed by atoms with Crippen LogP contribution >= 0.6 is 11.3 Å². The summed E-state index contributed by atoms with van der Waals surface area (Å²) in [7, 11) is 1.53. The maximum absolute atomic E-state index is 12.9. The van der Waals surface area contributed by atoms with E-state index in [0.29, 0.717) is 33.1 Å². The van der Waals surface area contributed by atoms with Crippen molar-refractivity contribution in [2.75, 3.05) is 12.4 Å². The molecule has 0 atom stereocenters. The average Bonchev–Trinajstić information content (AvgIpc) is 3.54. The quantitative estimate of drug-likeness (QED) is 0.367. The lowest BCUT2D eigenvalue weighted by Crippen LogP contribution is -2.13. The number of carbonyl (C=O) groups is 2. The van der Waals surface area contributed by atoms with Crippen LogP contribution in [-0.4, -0.2) is 33.4 Å². The second-order valence-corrected chi connectivity index (χ2v) is 8.11. The number of aromatic nitrogens is 3. The number of rotatable bonds is 6. The Morgan fingerprint density at radius 1 is 1.00 bits per heavy atom. The highest BCUT2D eigenvalue weighted by molar-refractivity contribution is 7.12. The Morgan fingerprint density at radius 2 is 1.88 bits per heavy atom. The van der Waals surface area contributed by atoms with E-state index in [0.717, 1.165) is 11.3 Å². The number of nitrogens with one attached hydrogen (secondary N) is 1. The minimum absolute atomic E-state index is 0.109. The van der Waals surface area contributed by atoms with Gasteiger partial charge in [-0.05, 0) is 41.8 Å². The number of amides is 1. The largest absolute Gasteiger partial charge is 0.496 e. The van der Waals surface area contributed by atoms with Gasteiger partial charge in [-0.2, -0.15) is 5.10 Å². The molecule has 162 valence electrons. The van der Waals surface area contributed by atoms with Gasteiger partial charge in [-0.3, -0.25) is 9.59 Å². The Balaban J connectivity index is 1.48. The van der Waals surface area contributed by atoms with Crippen LogP contribution in [-0.2, 0) is 0 Å². The molecule has 5 aromatic rings. The molecule has 0 radical (unpaired) electrons. The molecule has 8 heteroatoms. The van der Waals surface area contributed by atoms with Gasteiger partial charge in [-0.15, -0.1) is 11.3 Å². The van der Waals surface area contributed by atoms with E-state index in [4.69, 9.17) is 4.74 Å². The number of hydrogen-bond acceptors (Lipinski definition) is 6. The van der Waals surface area contributed by atoms with E-state index < -0.39 is 0 Å². The van der Waals surface area contributed by atoms with E-state index >= 15 is 0 Å². The summed E-state index contributed by atoms with van der Waals surface area (Å²) < 4.78 is 6.93. The fourth-order valence-corrected chi connectivity index (χ4v) is 4.28. The van der Waals surface area contributed by atoms with E-state index in [-0.39, 0.29) is 11.7 Å². The molecule has 0 bridgehead atoms. The van der Waals surface area contributed by atoms with Gasteiger partial charge in [-0.1, -0.05) is 30.3 Å². The molecule has 3 aromatic heterocycles. The van der Waals surface area contributed by atoms with E-state index in [2.05, 4.69) is 15.4 Å². The van der Waals surface area contributed by atoms with Gasteiger partial charge in [0, 0.05) is 17.4 Å². The highest BCUT2D eigenvalue weighted by atomic mass is 32.1. The van der Waals surface area contributed by atoms with E-state index in [1.807, 2.05) is 47.8 Å². The summed E-state index contributed by atoms with van der Waals surface area (Å²) in [5.41, 5.74) is 3.56. The standard InChI is InChI=1S/C25H18N4O3S/c1-32-21-9-3-2-8-18(21)25(31)28-17-7-4-6-16(14-17)20-11-12-26-24-19(15-27-29(20)24)23(30)22-10-5-13-33-22/h2-15H,1H3,(H,28,31). The van der Waals surface area contributed by atoms with Crippen molar-refractivity contribution in [3.8, 4) is 17.0 Å². The highest BCUT2D eigenvalue weighted by Gasteiger charge is 2.19. The normalized spacial score (nSPS) is 10.8. The highest BCUT2D eigenvalue weighted by Crippen LogP contribution is 2.26. The molecule has 1 N–H and O–H groups in total. The number of methoxy groups -OCH3 is 1. The molecule has 0 saturated heterocycles. The van der Waals surface area contributed by atoms with Crippen LogP contribution in [0.4, 0.5) is 5.69 Å². The van der Waals surface area contributed by atoms with Crippen LogP contribution in [0.5, 0.6) is 5.75 Å². The minimum Gasteiger partial charge on any atom is -0.496 e. The second-order valence-electron chi connectivity index (χ2n) is 7.17. The summed E-state index contributed by atoms with van der Waals surface area (Å²) in [5.74, 6) is 0.122. The third-order valence-corrected chi connectivity index (χ3v) is 6.03. The summed E-state index contributed by atoms with van der Waals surface area (Å²) in [6, 6.07) is 19.9. The summed E-state index contributed by atoms with van der Waals surface area (Å²) >= 11 is 1.38. The van der Waals surface area contributed by atoms with Crippen molar-refractivity contribution in [1.29, 1.82) is 0 Å². The number of fused-ring (bicyclic) bond motifs is 1. The van der Waals surface area contributed by atoms with Crippen molar-refractivity contribution in [1.82, 2.24) is 14.6 Å². The van der Waals surface area contributed by atoms with Crippen LogP contribution in [0, 0.1) is 0 Å². The van der Waals surface area contributed by atoms with E-state index in [1.165, 1.54) is 18.4 Å². The van der Waals surface area contributed by atoms with Crippen molar-refractivity contribution < 1.29 is 14.3 Å². The second kappa shape index (κ2) is 8.68. The number of benzene rings is 2. The van der Waals surface area contributed by atoms with Gasteiger partial charge in [0.15, 0.2) is 5.65 Å². The third-order valence-electron chi connectivity index (χ3n) is 5.16. The Hall–Kier alpha value is -4.30. The molecular weight excluding hydrogens is 436 g/mol. The first-order chi connectivity index (χ1) is 16.2. The van der Waals surface area contributed by atoms with E-state index in [9.17, 15) is 9.59 Å². The molecule has 33 heavy (non-hydrogen) atoms. The topological polar surface area (TPSA) is 85.6 Å². The summed E-state index contributed by atoms with van der Waals surface area (Å²) in [6.07, 6.45) is 3.19. The Bertz CT molecular complexity index is 1470. The molecule has 7 nitrogen and oxygen atoms in total. The molecule has 0 fully saturated rings. The van der Waals surface area contributed by atoms with Crippen molar-refractivity contribution in [2.45, 2.75) is 0 Å². The monoisotopic (exact) mass is 454 g/mol. The van der Waals surface area contributed by atoms with Crippen molar-refractivity contribution in [3.05, 3.63) is 101 Å². The fourth-order valence-electron chi connectivity index (χ4n) is 3.60. The predicted octanol–water partition coefficient (Wildman–Crippen LogP) is 4.95. The number of ether oxygens (including phenoxy) is 1. The Morgan fingerprint density at radius 3 is 2.70 bits per heavy atom. The first kappa shape index (κ1) is 20.6. The number of ketones is 1. The molecule has 3 heterocycles. The molecule has 0 aliphatic heterocycles. The van der Waals surface area contributed by atoms with Crippen LogP contribution < -0.4 is 10.1 Å². The maximum Gasteiger partial charge on any atom is 0.259 e. The number of nitrogens with zero attached hydrogens (tertiary/aromatic N) is 3. The average molecular weight is 455 g/mol. The molecule has 1 amide bonds. The molecule has 0 unspecified atom stereocenters. The first-order valence-corrected chi connectivity index (χ1v) is 11.0. The fraction of sp³-hybridized carbons (Fsp3) is 0.0400. The molecule has 0 aliphatic rings. The zero-order valence-corrected chi connectivity index (χ0v) is 18.4. The molecule has 0 spiro atoms. The number of thiophene rings is 1. The predicted molar refractivity (Wildman–Crippen MR) is 127 cm³/mol. The smallest absolute Gasteiger partial charge is 0.259 e. The zero-order chi connectivity index (χ0) is 22.8. The number of anilines is 1. The van der Waals surface area contributed by atoms with Gasteiger partial charge in [0.05, 0.1) is 35.0 Å². The van der Waals surface area contributed by atoms with Crippen molar-refractivity contribution in [2.24, 2.45) is 0 Å². The van der Waals surface area contributed by atoms with Crippen LogP contribution in [0.1, 0.15) is 25.6 Å². The van der Waals surface area contributed by atoms with Crippen LogP contribution in [0.2, 0.25) is 0 Å². The van der Waals surface area contributed by atoms with Crippen LogP contribution in [0.25, 0.3) is 16.9 Å². The van der Waals surface area contributed by atoms with Gasteiger partial charge >= 0.3 is 0 Å². The zero-order valence-electron chi connectivity index (χ0n) is 17.6. The maximum atomic E-state index is 12.9. The van der Waals surface area contributed by atoms with Gasteiger partial charge in [0.25, 0.3) is 5.91 Å². The lowest BCUT2D eigenvalue weighted by molar-refractivity contribution is 0.102. The summed E-state index contributed by atoms with van der Waals surface area (Å²) in [6.45, 7) is 0. The number of carbonyl (C=O) groups excluding carboxylic acids is 2. The minimum atomic E-state index is -0.271. The van der Waals surface area contributed by atoms with Gasteiger partial charge in [0.2, 0.25) is 5.78 Å². The van der Waals surface area contributed by atoms with Crippen LogP contribution in [0.15, 0.2) is 84.5 Å². The van der Waals surface area contributed by atoms with Gasteiger partial charge < -0.3 is 10.1 Å². The molecule has 0 aliphatic carbocycles. The lowest BCUT2D eigenvalue weighted by atomic mass is 10.1. The van der Waals surface area contributed by atoms with E-state index in [1.54, 1.807) is 41.2 Å². The molecule has 0 saturated carbocycles. The van der Waals surface area contributed by atoms with Crippen molar-refractivity contribution >= 4 is 34.4 Å². The third kappa shape index (κ3) is 3.88. The first-order valence-electron chi connectivity index (χ1n) is 10.1. The molecular formula is C25H18N4O3S. The van der Waals surface area contributed by atoms with Crippen molar-refractivity contribution in [3.63, 3.8) is 0 Å². The Kier molecular flexibility index (Phi) is 5.42. The summed E-state index contributed by atoms with van der Waals surface area (Å²) in [4.78, 5) is 30.7. The van der Waals surface area contributed by atoms with Gasteiger partial charge in [0.1, 0.15) is 5.75 Å². The number of hydrogen-bond donors (Lipinski definition) is 1. The summed E-state index contributed by atoms with van der Waals surface area (Å²) in [5, 5.41) is 9.20.